The van der Waals surface area contributed by atoms with E-state index in [1.165, 1.54) is 19.1 Å². The molecular weight excluding hydrogens is 268 g/mol. The molecule has 20 heavy (non-hydrogen) atoms. The van der Waals surface area contributed by atoms with Gasteiger partial charge >= 0.3 is 5.97 Å². The number of ether oxygens (including phenoxy) is 1. The molecule has 0 radical (unpaired) electrons. The molecule has 0 fully saturated rings. The van der Waals surface area contributed by atoms with Gasteiger partial charge in [0.2, 0.25) is 0 Å². The lowest BCUT2D eigenvalue weighted by Gasteiger charge is -1.99. The van der Waals surface area contributed by atoms with Gasteiger partial charge in [0.25, 0.3) is 11.4 Å². The van der Waals surface area contributed by atoms with E-state index < -0.39 is 15.8 Å². The molecule has 0 aromatic heterocycles. The van der Waals surface area contributed by atoms with Crippen LogP contribution in [0, 0.1) is 20.2 Å². The van der Waals surface area contributed by atoms with Gasteiger partial charge in [-0.25, -0.2) is 0 Å². The number of benzene rings is 1. The van der Waals surface area contributed by atoms with E-state index in [-0.39, 0.29) is 24.4 Å². The maximum Gasteiger partial charge on any atom is 0.302 e. The average molecular weight is 280 g/mol. The van der Waals surface area contributed by atoms with Crippen molar-refractivity contribution in [3.8, 4) is 0 Å². The molecule has 0 aliphatic rings. The van der Waals surface area contributed by atoms with E-state index in [1.807, 2.05) is 0 Å². The Hall–Kier alpha value is -2.77. The molecule has 0 aliphatic carbocycles. The van der Waals surface area contributed by atoms with Crippen molar-refractivity contribution in [3.63, 3.8) is 0 Å². The monoisotopic (exact) mass is 280 g/mol. The van der Waals surface area contributed by atoms with Crippen molar-refractivity contribution in [2.45, 2.75) is 13.3 Å². The summed E-state index contributed by atoms with van der Waals surface area (Å²) in [6.45, 7) is 1.37. The predicted molar refractivity (Wildman–Crippen MR) is 69.2 cm³/mol. The maximum atomic E-state index is 10.7. The molecule has 0 amide bonds. The van der Waals surface area contributed by atoms with Crippen LogP contribution in [-0.2, 0) is 16.0 Å². The summed E-state index contributed by atoms with van der Waals surface area (Å²) in [7, 11) is 0. The molecule has 0 bridgehead atoms. The molecule has 8 heteroatoms. The smallest absolute Gasteiger partial charge is 0.302 e. The number of hydrogen-bond acceptors (Lipinski definition) is 6. The van der Waals surface area contributed by atoms with Crippen LogP contribution in [0.4, 0.5) is 11.4 Å². The van der Waals surface area contributed by atoms with Crippen LogP contribution in [0.5, 0.6) is 0 Å². The Balaban J connectivity index is 2.81. The molecule has 1 rings (SSSR count). The second-order valence-electron chi connectivity index (χ2n) is 3.85. The molecule has 0 N–H and O–H groups in total. The maximum absolute atomic E-state index is 10.7. The zero-order valence-corrected chi connectivity index (χ0v) is 10.6. The fourth-order valence-electron chi connectivity index (χ4n) is 1.44. The van der Waals surface area contributed by atoms with Gasteiger partial charge in [0.05, 0.1) is 15.9 Å². The van der Waals surface area contributed by atoms with E-state index in [0.29, 0.717) is 5.56 Å². The van der Waals surface area contributed by atoms with E-state index in [2.05, 4.69) is 4.74 Å². The standard InChI is InChI=1S/C12H12N2O6/c1-9(15)20-5-3-2-4-10-6-11(13(16)17)8-12(7-10)14(18)19/h2-3,6-8H,4-5H2,1H3/b3-2-. The van der Waals surface area contributed by atoms with Gasteiger partial charge in [0, 0.05) is 19.1 Å². The molecule has 0 heterocycles. The number of nitro benzene ring substituents is 2. The Morgan fingerprint density at radius 2 is 1.70 bits per heavy atom. The number of non-ortho nitro benzene ring substituents is 2. The average Bonchev–Trinajstić information content (AvgIpc) is 2.37. The minimum Gasteiger partial charge on any atom is -0.462 e. The number of carbonyl (C=O) groups excluding carboxylic acids is 1. The summed E-state index contributed by atoms with van der Waals surface area (Å²) in [5.41, 5.74) is -0.227. The lowest BCUT2D eigenvalue weighted by Crippen LogP contribution is -1.98. The van der Waals surface area contributed by atoms with Gasteiger partial charge in [-0.15, -0.1) is 0 Å². The van der Waals surface area contributed by atoms with Crippen molar-refractivity contribution in [1.29, 1.82) is 0 Å². The number of esters is 1. The molecule has 106 valence electrons. The number of nitro groups is 2. The van der Waals surface area contributed by atoms with Crippen molar-refractivity contribution in [2.75, 3.05) is 6.61 Å². The highest BCUT2D eigenvalue weighted by atomic mass is 16.6. The third-order valence-corrected chi connectivity index (χ3v) is 2.29. The lowest BCUT2D eigenvalue weighted by molar-refractivity contribution is -0.394. The van der Waals surface area contributed by atoms with Crippen molar-refractivity contribution in [1.82, 2.24) is 0 Å². The molecule has 0 spiro atoms. The molecule has 0 saturated heterocycles. The largest absolute Gasteiger partial charge is 0.462 e. The summed E-state index contributed by atoms with van der Waals surface area (Å²) in [5, 5.41) is 21.4. The Bertz CT molecular complexity index is 535. The highest BCUT2D eigenvalue weighted by Crippen LogP contribution is 2.23. The molecule has 1 aromatic rings. The second-order valence-corrected chi connectivity index (χ2v) is 3.85. The Labute approximate surface area is 114 Å². The van der Waals surface area contributed by atoms with E-state index in [0.717, 1.165) is 6.07 Å². The lowest BCUT2D eigenvalue weighted by atomic mass is 10.1. The van der Waals surface area contributed by atoms with Crippen LogP contribution < -0.4 is 0 Å². The van der Waals surface area contributed by atoms with Gasteiger partial charge in [0.15, 0.2) is 0 Å². The number of carbonyl (C=O) groups is 1. The normalized spacial score (nSPS) is 10.4. The second kappa shape index (κ2) is 6.98. The quantitative estimate of drug-likeness (QED) is 0.341. The Morgan fingerprint density at radius 1 is 1.15 bits per heavy atom. The van der Waals surface area contributed by atoms with Crippen LogP contribution in [0.25, 0.3) is 0 Å². The summed E-state index contributed by atoms with van der Waals surface area (Å²) in [6.07, 6.45) is 3.45. The Kier molecular flexibility index (Phi) is 5.33. The number of rotatable bonds is 6. The van der Waals surface area contributed by atoms with Gasteiger partial charge in [-0.05, 0) is 12.0 Å². The van der Waals surface area contributed by atoms with Gasteiger partial charge < -0.3 is 4.74 Å². The Morgan fingerprint density at radius 3 is 2.15 bits per heavy atom. The number of hydrogen-bond donors (Lipinski definition) is 0. The molecule has 1 aromatic carbocycles. The van der Waals surface area contributed by atoms with E-state index in [1.54, 1.807) is 12.2 Å². The van der Waals surface area contributed by atoms with E-state index >= 15 is 0 Å². The third kappa shape index (κ3) is 4.84. The summed E-state index contributed by atoms with van der Waals surface area (Å²) < 4.78 is 4.66. The summed E-state index contributed by atoms with van der Waals surface area (Å²) >= 11 is 0. The zero-order chi connectivity index (χ0) is 15.1. The van der Waals surface area contributed by atoms with E-state index in [4.69, 9.17) is 0 Å². The zero-order valence-electron chi connectivity index (χ0n) is 10.6. The molecule has 8 nitrogen and oxygen atoms in total. The molecule has 0 unspecified atom stereocenters. The first-order valence-electron chi connectivity index (χ1n) is 5.61. The first-order chi connectivity index (χ1) is 9.40. The van der Waals surface area contributed by atoms with Gasteiger partial charge in [-0.1, -0.05) is 12.2 Å². The van der Waals surface area contributed by atoms with Crippen LogP contribution in [0.1, 0.15) is 12.5 Å². The number of nitrogens with zero attached hydrogens (tertiary/aromatic N) is 2. The van der Waals surface area contributed by atoms with Crippen molar-refractivity contribution < 1.29 is 19.4 Å². The molecular formula is C12H12N2O6. The van der Waals surface area contributed by atoms with Crippen molar-refractivity contribution in [2.24, 2.45) is 0 Å². The van der Waals surface area contributed by atoms with E-state index in [9.17, 15) is 25.0 Å². The topological polar surface area (TPSA) is 113 Å². The summed E-state index contributed by atoms with van der Waals surface area (Å²) in [5.74, 6) is -0.416. The van der Waals surface area contributed by atoms with Crippen LogP contribution in [0.2, 0.25) is 0 Å². The number of allylic oxidation sites excluding steroid dienone is 1. The highest BCUT2D eigenvalue weighted by molar-refractivity contribution is 5.66. The summed E-state index contributed by atoms with van der Waals surface area (Å²) in [6, 6.07) is 3.44. The van der Waals surface area contributed by atoms with Crippen LogP contribution >= 0.6 is 0 Å². The van der Waals surface area contributed by atoms with Crippen LogP contribution in [0.3, 0.4) is 0 Å². The first-order valence-corrected chi connectivity index (χ1v) is 5.61. The highest BCUT2D eigenvalue weighted by Gasteiger charge is 2.15. The van der Waals surface area contributed by atoms with Crippen LogP contribution in [-0.4, -0.2) is 22.4 Å². The van der Waals surface area contributed by atoms with Gasteiger partial charge in [-0.2, -0.15) is 0 Å². The van der Waals surface area contributed by atoms with Crippen molar-refractivity contribution in [3.05, 3.63) is 56.1 Å². The molecule has 0 atom stereocenters. The SMILES string of the molecule is CC(=O)OC/C=C\Cc1cc([N+](=O)[O-])cc([N+](=O)[O-])c1. The fourth-order valence-corrected chi connectivity index (χ4v) is 1.44. The van der Waals surface area contributed by atoms with Gasteiger partial charge in [-0.3, -0.25) is 25.0 Å². The summed E-state index contributed by atoms with van der Waals surface area (Å²) in [4.78, 5) is 30.5. The van der Waals surface area contributed by atoms with Gasteiger partial charge in [0.1, 0.15) is 6.61 Å². The minimum atomic E-state index is -0.681. The van der Waals surface area contributed by atoms with Crippen molar-refractivity contribution >= 4 is 17.3 Å². The fraction of sp³-hybridized carbons (Fsp3) is 0.250. The van der Waals surface area contributed by atoms with Crippen LogP contribution in [0.15, 0.2) is 30.4 Å². The first kappa shape index (κ1) is 15.3. The third-order valence-electron chi connectivity index (χ3n) is 2.29. The molecule has 0 aliphatic heterocycles. The minimum absolute atomic E-state index is 0.0896. The molecule has 0 saturated carbocycles. The predicted octanol–water partition coefficient (Wildman–Crippen LogP) is 2.16.